The molecular formula is C17H14N2S. The third-order valence-corrected chi connectivity index (χ3v) is 3.62. The predicted molar refractivity (Wildman–Crippen MR) is 87.7 cm³/mol. The van der Waals surface area contributed by atoms with Gasteiger partial charge in [0.25, 0.3) is 0 Å². The van der Waals surface area contributed by atoms with Gasteiger partial charge in [0.15, 0.2) is 0 Å². The summed E-state index contributed by atoms with van der Waals surface area (Å²) in [5.41, 5.74) is 3.10. The summed E-state index contributed by atoms with van der Waals surface area (Å²) < 4.78 is 0. The van der Waals surface area contributed by atoms with Gasteiger partial charge in [0.1, 0.15) is 0 Å². The predicted octanol–water partition coefficient (Wildman–Crippen LogP) is 5.24. The van der Waals surface area contributed by atoms with Crippen molar-refractivity contribution in [1.29, 1.82) is 0 Å². The first-order chi connectivity index (χ1) is 9.90. The SMILES string of the molecule is C(=Nc1ccc(Nc2ccccc2)cc1)c1cccs1. The van der Waals surface area contributed by atoms with Crippen molar-refractivity contribution in [3.63, 3.8) is 0 Å². The van der Waals surface area contributed by atoms with Crippen LogP contribution in [0.15, 0.2) is 77.1 Å². The molecule has 0 saturated carbocycles. The van der Waals surface area contributed by atoms with Crippen LogP contribution in [0, 0.1) is 0 Å². The number of anilines is 2. The second kappa shape index (κ2) is 6.17. The molecule has 3 aromatic rings. The third-order valence-electron chi connectivity index (χ3n) is 2.81. The van der Waals surface area contributed by atoms with Gasteiger partial charge in [0.2, 0.25) is 0 Å². The lowest BCUT2D eigenvalue weighted by molar-refractivity contribution is 1.50. The number of rotatable bonds is 4. The Balaban J connectivity index is 1.68. The first-order valence-electron chi connectivity index (χ1n) is 6.40. The molecule has 0 fully saturated rings. The monoisotopic (exact) mass is 278 g/mol. The molecule has 0 aliphatic carbocycles. The Kier molecular flexibility index (Phi) is 3.90. The van der Waals surface area contributed by atoms with E-state index in [0.29, 0.717) is 0 Å². The molecule has 2 aromatic carbocycles. The summed E-state index contributed by atoms with van der Waals surface area (Å²) in [7, 11) is 0. The van der Waals surface area contributed by atoms with Crippen molar-refractivity contribution in [2.24, 2.45) is 4.99 Å². The van der Waals surface area contributed by atoms with Gasteiger partial charge < -0.3 is 5.32 Å². The normalized spacial score (nSPS) is 10.8. The van der Waals surface area contributed by atoms with Crippen molar-refractivity contribution in [1.82, 2.24) is 0 Å². The number of nitrogens with one attached hydrogen (secondary N) is 1. The Bertz CT molecular complexity index is 671. The molecule has 20 heavy (non-hydrogen) atoms. The molecule has 0 saturated heterocycles. The van der Waals surface area contributed by atoms with Gasteiger partial charge in [-0.05, 0) is 47.8 Å². The molecule has 1 N–H and O–H groups in total. The average Bonchev–Trinajstić information content (AvgIpc) is 3.01. The molecule has 0 atom stereocenters. The lowest BCUT2D eigenvalue weighted by atomic mass is 10.2. The Hall–Kier alpha value is -2.39. The van der Waals surface area contributed by atoms with Gasteiger partial charge in [-0.1, -0.05) is 24.3 Å². The van der Waals surface area contributed by atoms with E-state index in [-0.39, 0.29) is 0 Å². The molecule has 0 spiro atoms. The lowest BCUT2D eigenvalue weighted by Gasteiger charge is -2.05. The number of para-hydroxylation sites is 1. The summed E-state index contributed by atoms with van der Waals surface area (Å²) in [5, 5.41) is 5.40. The molecule has 1 aromatic heterocycles. The molecule has 0 bridgehead atoms. The molecule has 2 nitrogen and oxygen atoms in total. The molecule has 0 aliphatic heterocycles. The van der Waals surface area contributed by atoms with E-state index in [1.165, 1.54) is 0 Å². The van der Waals surface area contributed by atoms with Crippen LogP contribution in [0.2, 0.25) is 0 Å². The maximum Gasteiger partial charge on any atom is 0.0631 e. The fourth-order valence-electron chi connectivity index (χ4n) is 1.82. The van der Waals surface area contributed by atoms with Crippen LogP contribution in [0.3, 0.4) is 0 Å². The molecule has 98 valence electrons. The maximum absolute atomic E-state index is 4.45. The van der Waals surface area contributed by atoms with Gasteiger partial charge >= 0.3 is 0 Å². The highest BCUT2D eigenvalue weighted by atomic mass is 32.1. The Morgan fingerprint density at radius 1 is 0.800 bits per heavy atom. The van der Waals surface area contributed by atoms with Gasteiger partial charge in [-0.15, -0.1) is 11.3 Å². The van der Waals surface area contributed by atoms with Crippen LogP contribution in [0.25, 0.3) is 0 Å². The quantitative estimate of drug-likeness (QED) is 0.648. The fourth-order valence-corrected chi connectivity index (χ4v) is 2.41. The fraction of sp³-hybridized carbons (Fsp3) is 0. The zero-order chi connectivity index (χ0) is 13.6. The summed E-state index contributed by atoms with van der Waals surface area (Å²) in [6, 6.07) is 22.3. The molecular weight excluding hydrogens is 264 g/mol. The summed E-state index contributed by atoms with van der Waals surface area (Å²) in [4.78, 5) is 5.62. The van der Waals surface area contributed by atoms with E-state index in [1.807, 2.05) is 72.3 Å². The summed E-state index contributed by atoms with van der Waals surface area (Å²) >= 11 is 1.69. The van der Waals surface area contributed by atoms with E-state index in [1.54, 1.807) is 11.3 Å². The van der Waals surface area contributed by atoms with Crippen LogP contribution >= 0.6 is 11.3 Å². The van der Waals surface area contributed by atoms with Crippen molar-refractivity contribution in [3.05, 3.63) is 77.0 Å². The number of aliphatic imine (C=N–C) groups is 1. The number of thiophene rings is 1. The average molecular weight is 278 g/mol. The zero-order valence-electron chi connectivity index (χ0n) is 10.9. The van der Waals surface area contributed by atoms with E-state index < -0.39 is 0 Å². The Morgan fingerprint density at radius 2 is 1.55 bits per heavy atom. The van der Waals surface area contributed by atoms with Crippen molar-refractivity contribution >= 4 is 34.6 Å². The zero-order valence-corrected chi connectivity index (χ0v) is 11.7. The Morgan fingerprint density at radius 3 is 2.25 bits per heavy atom. The highest BCUT2D eigenvalue weighted by Gasteiger charge is 1.94. The van der Waals surface area contributed by atoms with Crippen LogP contribution < -0.4 is 5.32 Å². The van der Waals surface area contributed by atoms with E-state index in [9.17, 15) is 0 Å². The van der Waals surface area contributed by atoms with Crippen LogP contribution in [-0.4, -0.2) is 6.21 Å². The number of hydrogen-bond acceptors (Lipinski definition) is 3. The van der Waals surface area contributed by atoms with Gasteiger partial charge in [0.05, 0.1) is 5.69 Å². The molecule has 0 aliphatic rings. The van der Waals surface area contributed by atoms with Gasteiger partial charge in [0, 0.05) is 22.5 Å². The van der Waals surface area contributed by atoms with Crippen LogP contribution in [0.1, 0.15) is 4.88 Å². The van der Waals surface area contributed by atoms with E-state index in [2.05, 4.69) is 16.4 Å². The highest BCUT2D eigenvalue weighted by molar-refractivity contribution is 7.11. The van der Waals surface area contributed by atoms with Gasteiger partial charge in [-0.25, -0.2) is 0 Å². The molecule has 1 heterocycles. The molecule has 3 rings (SSSR count). The first-order valence-corrected chi connectivity index (χ1v) is 7.28. The second-order valence-electron chi connectivity index (χ2n) is 4.31. The van der Waals surface area contributed by atoms with Crippen LogP contribution in [-0.2, 0) is 0 Å². The summed E-state index contributed by atoms with van der Waals surface area (Å²) in [6.07, 6.45) is 1.89. The van der Waals surface area contributed by atoms with E-state index in [0.717, 1.165) is 21.9 Å². The smallest absolute Gasteiger partial charge is 0.0631 e. The minimum absolute atomic E-state index is 0.956. The standard InChI is InChI=1S/C17H14N2S/c1-2-5-15(6-3-1)19-16-10-8-14(9-11-16)18-13-17-7-4-12-20-17/h1-13,19H. The minimum Gasteiger partial charge on any atom is -0.356 e. The van der Waals surface area contributed by atoms with Crippen LogP contribution in [0.4, 0.5) is 17.1 Å². The molecule has 3 heteroatoms. The Labute approximate surface area is 122 Å². The van der Waals surface area contributed by atoms with Crippen molar-refractivity contribution in [2.75, 3.05) is 5.32 Å². The third kappa shape index (κ3) is 3.33. The molecule has 0 amide bonds. The summed E-state index contributed by atoms with van der Waals surface area (Å²) in [6.45, 7) is 0. The topological polar surface area (TPSA) is 24.4 Å². The molecule has 0 unspecified atom stereocenters. The lowest BCUT2D eigenvalue weighted by Crippen LogP contribution is -1.88. The minimum atomic E-state index is 0.956. The van der Waals surface area contributed by atoms with Crippen molar-refractivity contribution in [3.8, 4) is 0 Å². The number of benzene rings is 2. The maximum atomic E-state index is 4.45. The second-order valence-corrected chi connectivity index (χ2v) is 5.29. The highest BCUT2D eigenvalue weighted by Crippen LogP contribution is 2.20. The summed E-state index contributed by atoms with van der Waals surface area (Å²) in [5.74, 6) is 0. The van der Waals surface area contributed by atoms with Crippen LogP contribution in [0.5, 0.6) is 0 Å². The van der Waals surface area contributed by atoms with Crippen molar-refractivity contribution < 1.29 is 0 Å². The van der Waals surface area contributed by atoms with Gasteiger partial charge in [-0.3, -0.25) is 4.99 Å². The number of nitrogens with zero attached hydrogens (tertiary/aromatic N) is 1. The largest absolute Gasteiger partial charge is 0.356 e. The van der Waals surface area contributed by atoms with E-state index in [4.69, 9.17) is 0 Å². The van der Waals surface area contributed by atoms with Crippen molar-refractivity contribution in [2.45, 2.75) is 0 Å². The van der Waals surface area contributed by atoms with Gasteiger partial charge in [-0.2, -0.15) is 0 Å². The molecule has 0 radical (unpaired) electrons. The first kappa shape index (κ1) is 12.6. The van der Waals surface area contributed by atoms with E-state index >= 15 is 0 Å². The number of hydrogen-bond donors (Lipinski definition) is 1.